The van der Waals surface area contributed by atoms with Crippen LogP contribution in [0.3, 0.4) is 0 Å². The Labute approximate surface area is 126 Å². The molecule has 0 aliphatic carbocycles. The largest absolute Gasteiger partial charge is 0.480 e. The smallest absolute Gasteiger partial charge is 0.317 e. The SMILES string of the molecule is CC(C)CN(CC(=O)O)CC(=O)NC(C)c1ccccc1. The maximum Gasteiger partial charge on any atom is 0.317 e. The van der Waals surface area contributed by atoms with Crippen LogP contribution < -0.4 is 5.32 Å². The molecule has 21 heavy (non-hydrogen) atoms. The maximum absolute atomic E-state index is 12.1. The van der Waals surface area contributed by atoms with Crippen molar-refractivity contribution in [3.05, 3.63) is 35.9 Å². The highest BCUT2D eigenvalue weighted by Gasteiger charge is 2.16. The van der Waals surface area contributed by atoms with E-state index in [4.69, 9.17) is 5.11 Å². The third kappa shape index (κ3) is 6.90. The molecule has 5 nitrogen and oxygen atoms in total. The Morgan fingerprint density at radius 2 is 1.76 bits per heavy atom. The fourth-order valence-corrected chi connectivity index (χ4v) is 2.21. The molecule has 116 valence electrons. The number of carbonyl (C=O) groups is 2. The second-order valence-corrected chi connectivity index (χ2v) is 5.66. The van der Waals surface area contributed by atoms with E-state index in [2.05, 4.69) is 5.32 Å². The van der Waals surface area contributed by atoms with Gasteiger partial charge in [0.2, 0.25) is 5.91 Å². The minimum atomic E-state index is -0.917. The molecule has 0 heterocycles. The number of nitrogens with one attached hydrogen (secondary N) is 1. The van der Waals surface area contributed by atoms with Crippen LogP contribution in [0.1, 0.15) is 32.4 Å². The number of amides is 1. The Kier molecular flexibility index (Phi) is 6.88. The lowest BCUT2D eigenvalue weighted by atomic mass is 10.1. The third-order valence-electron chi connectivity index (χ3n) is 3.03. The highest BCUT2D eigenvalue weighted by Crippen LogP contribution is 2.11. The van der Waals surface area contributed by atoms with Gasteiger partial charge in [0.1, 0.15) is 0 Å². The van der Waals surface area contributed by atoms with Gasteiger partial charge in [-0.3, -0.25) is 14.5 Å². The van der Waals surface area contributed by atoms with Crippen LogP contribution in [0.15, 0.2) is 30.3 Å². The quantitative estimate of drug-likeness (QED) is 0.768. The first-order valence-corrected chi connectivity index (χ1v) is 7.17. The van der Waals surface area contributed by atoms with E-state index >= 15 is 0 Å². The first-order valence-electron chi connectivity index (χ1n) is 7.17. The van der Waals surface area contributed by atoms with E-state index in [1.807, 2.05) is 51.1 Å². The van der Waals surface area contributed by atoms with Gasteiger partial charge in [-0.2, -0.15) is 0 Å². The fourth-order valence-electron chi connectivity index (χ4n) is 2.21. The molecule has 1 atom stereocenters. The van der Waals surface area contributed by atoms with Crippen LogP contribution in [0.2, 0.25) is 0 Å². The van der Waals surface area contributed by atoms with Crippen molar-refractivity contribution in [1.82, 2.24) is 10.2 Å². The van der Waals surface area contributed by atoms with Crippen LogP contribution in [0.4, 0.5) is 0 Å². The molecule has 1 unspecified atom stereocenters. The van der Waals surface area contributed by atoms with Gasteiger partial charge in [-0.1, -0.05) is 44.2 Å². The average Bonchev–Trinajstić information content (AvgIpc) is 2.37. The Hall–Kier alpha value is -1.88. The minimum Gasteiger partial charge on any atom is -0.480 e. The molecule has 0 saturated heterocycles. The summed E-state index contributed by atoms with van der Waals surface area (Å²) in [5.41, 5.74) is 1.03. The molecule has 0 radical (unpaired) electrons. The van der Waals surface area contributed by atoms with Crippen molar-refractivity contribution in [2.75, 3.05) is 19.6 Å². The summed E-state index contributed by atoms with van der Waals surface area (Å²) in [6.45, 7) is 6.47. The van der Waals surface area contributed by atoms with Gasteiger partial charge in [-0.15, -0.1) is 0 Å². The molecule has 5 heteroatoms. The minimum absolute atomic E-state index is 0.0931. The van der Waals surface area contributed by atoms with E-state index in [1.54, 1.807) is 4.90 Å². The van der Waals surface area contributed by atoms with Gasteiger partial charge in [0.05, 0.1) is 19.1 Å². The molecule has 0 spiro atoms. The molecule has 0 aliphatic rings. The number of benzene rings is 1. The number of carboxylic acid groups (broad SMARTS) is 1. The predicted octanol–water partition coefficient (Wildman–Crippen LogP) is 1.91. The van der Waals surface area contributed by atoms with E-state index < -0.39 is 5.97 Å². The third-order valence-corrected chi connectivity index (χ3v) is 3.03. The van der Waals surface area contributed by atoms with Crippen LogP contribution in [-0.2, 0) is 9.59 Å². The summed E-state index contributed by atoms with van der Waals surface area (Å²) in [5.74, 6) is -0.767. The summed E-state index contributed by atoms with van der Waals surface area (Å²) in [6.07, 6.45) is 0. The van der Waals surface area contributed by atoms with Gasteiger partial charge in [-0.25, -0.2) is 0 Å². The molecule has 1 aromatic carbocycles. The van der Waals surface area contributed by atoms with Crippen LogP contribution in [0.5, 0.6) is 0 Å². The fraction of sp³-hybridized carbons (Fsp3) is 0.500. The Bertz CT molecular complexity index is 460. The van der Waals surface area contributed by atoms with E-state index in [0.29, 0.717) is 12.5 Å². The first kappa shape index (κ1) is 17.2. The zero-order chi connectivity index (χ0) is 15.8. The highest BCUT2D eigenvalue weighted by atomic mass is 16.4. The summed E-state index contributed by atoms with van der Waals surface area (Å²) in [4.78, 5) is 24.6. The van der Waals surface area contributed by atoms with E-state index in [1.165, 1.54) is 0 Å². The van der Waals surface area contributed by atoms with Crippen molar-refractivity contribution in [3.8, 4) is 0 Å². The number of hydrogen-bond acceptors (Lipinski definition) is 3. The second-order valence-electron chi connectivity index (χ2n) is 5.66. The van der Waals surface area contributed by atoms with Gasteiger partial charge in [0, 0.05) is 6.54 Å². The normalized spacial score (nSPS) is 12.4. The zero-order valence-electron chi connectivity index (χ0n) is 12.9. The maximum atomic E-state index is 12.1. The first-order chi connectivity index (χ1) is 9.88. The zero-order valence-corrected chi connectivity index (χ0v) is 12.9. The van der Waals surface area contributed by atoms with Crippen molar-refractivity contribution >= 4 is 11.9 Å². The second kappa shape index (κ2) is 8.42. The average molecular weight is 292 g/mol. The molecule has 0 aromatic heterocycles. The Morgan fingerprint density at radius 1 is 1.14 bits per heavy atom. The van der Waals surface area contributed by atoms with Gasteiger partial charge in [-0.05, 0) is 18.4 Å². The molecule has 0 aliphatic heterocycles. The predicted molar refractivity (Wildman–Crippen MR) is 81.9 cm³/mol. The molecule has 2 N–H and O–H groups in total. The van der Waals surface area contributed by atoms with Crippen LogP contribution in [-0.4, -0.2) is 41.5 Å². The molecule has 0 fully saturated rings. The summed E-state index contributed by atoms with van der Waals surface area (Å²) in [7, 11) is 0. The number of nitrogens with zero attached hydrogens (tertiary/aromatic N) is 1. The van der Waals surface area contributed by atoms with Crippen LogP contribution in [0, 0.1) is 5.92 Å². The number of carboxylic acids is 1. The number of hydrogen-bond donors (Lipinski definition) is 2. The summed E-state index contributed by atoms with van der Waals surface area (Å²) in [5, 5.41) is 11.8. The van der Waals surface area contributed by atoms with E-state index in [9.17, 15) is 9.59 Å². The highest BCUT2D eigenvalue weighted by molar-refractivity contribution is 5.79. The summed E-state index contributed by atoms with van der Waals surface area (Å²) in [6, 6.07) is 9.59. The lowest BCUT2D eigenvalue weighted by Gasteiger charge is -2.23. The summed E-state index contributed by atoms with van der Waals surface area (Å²) >= 11 is 0. The van der Waals surface area contributed by atoms with Gasteiger partial charge >= 0.3 is 5.97 Å². The molecule has 0 bridgehead atoms. The monoisotopic (exact) mass is 292 g/mol. The number of rotatable bonds is 8. The summed E-state index contributed by atoms with van der Waals surface area (Å²) < 4.78 is 0. The lowest BCUT2D eigenvalue weighted by molar-refractivity contribution is -0.138. The van der Waals surface area contributed by atoms with E-state index in [0.717, 1.165) is 5.56 Å². The Morgan fingerprint density at radius 3 is 2.29 bits per heavy atom. The molecular formula is C16H24N2O3. The van der Waals surface area contributed by atoms with Gasteiger partial charge in [0.15, 0.2) is 0 Å². The topological polar surface area (TPSA) is 69.6 Å². The molecule has 1 amide bonds. The van der Waals surface area contributed by atoms with E-state index in [-0.39, 0.29) is 25.0 Å². The van der Waals surface area contributed by atoms with Gasteiger partial charge < -0.3 is 10.4 Å². The van der Waals surface area contributed by atoms with Crippen LogP contribution >= 0.6 is 0 Å². The number of aliphatic carboxylic acids is 1. The van der Waals surface area contributed by atoms with Gasteiger partial charge in [0.25, 0.3) is 0 Å². The number of carbonyl (C=O) groups excluding carboxylic acids is 1. The van der Waals surface area contributed by atoms with Crippen molar-refractivity contribution in [3.63, 3.8) is 0 Å². The molecular weight excluding hydrogens is 268 g/mol. The molecule has 1 rings (SSSR count). The molecule has 0 saturated carbocycles. The van der Waals surface area contributed by atoms with Crippen molar-refractivity contribution < 1.29 is 14.7 Å². The lowest BCUT2D eigenvalue weighted by Crippen LogP contribution is -2.42. The van der Waals surface area contributed by atoms with Crippen molar-refractivity contribution in [2.45, 2.75) is 26.8 Å². The standard InChI is InChI=1S/C16H24N2O3/c1-12(2)9-18(11-16(20)21)10-15(19)17-13(3)14-7-5-4-6-8-14/h4-8,12-13H,9-11H2,1-3H3,(H,17,19)(H,20,21). The Balaban J connectivity index is 2.55. The van der Waals surface area contributed by atoms with Crippen LogP contribution in [0.25, 0.3) is 0 Å². The van der Waals surface area contributed by atoms with Crippen molar-refractivity contribution in [2.24, 2.45) is 5.92 Å². The van der Waals surface area contributed by atoms with Crippen molar-refractivity contribution in [1.29, 1.82) is 0 Å². The molecule has 1 aromatic rings.